The summed E-state index contributed by atoms with van der Waals surface area (Å²) in [5, 5.41) is 9.49. The van der Waals surface area contributed by atoms with Crippen LogP contribution in [0, 0.1) is 5.41 Å². The lowest BCUT2D eigenvalue weighted by Gasteiger charge is -2.32. The van der Waals surface area contributed by atoms with E-state index in [1.54, 1.807) is 11.8 Å². The molecule has 0 amide bonds. The lowest BCUT2D eigenvalue weighted by Crippen LogP contribution is -2.45. The molecule has 17 heavy (non-hydrogen) atoms. The summed E-state index contributed by atoms with van der Waals surface area (Å²) in [5.41, 5.74) is 6.19. The molecule has 0 aliphatic carbocycles. The molecule has 0 bridgehead atoms. The van der Waals surface area contributed by atoms with Crippen molar-refractivity contribution in [3.05, 3.63) is 28.7 Å². The van der Waals surface area contributed by atoms with Gasteiger partial charge in [-0.25, -0.2) is 0 Å². The molecule has 0 spiro atoms. The fraction of sp³-hybridized carbons (Fsp3) is 0.538. The average Bonchev–Trinajstić information content (AvgIpc) is 2.26. The number of hydrogen-bond acceptors (Lipinski definition) is 3. The summed E-state index contributed by atoms with van der Waals surface area (Å²) in [6.07, 6.45) is 0. The van der Waals surface area contributed by atoms with E-state index >= 15 is 0 Å². The highest BCUT2D eigenvalue weighted by Gasteiger charge is 2.29. The molecule has 0 fully saturated rings. The van der Waals surface area contributed by atoms with Gasteiger partial charge in [0, 0.05) is 20.7 Å². The highest BCUT2D eigenvalue weighted by Crippen LogP contribution is 2.31. The van der Waals surface area contributed by atoms with Gasteiger partial charge in [-0.15, -0.1) is 11.8 Å². The summed E-state index contributed by atoms with van der Waals surface area (Å²) in [5.74, 6) is 0. The first-order valence-electron chi connectivity index (χ1n) is 5.63. The third kappa shape index (κ3) is 4.62. The third-order valence-corrected chi connectivity index (χ3v) is 4.50. The van der Waals surface area contributed by atoms with Crippen molar-refractivity contribution in [3.8, 4) is 0 Å². The maximum Gasteiger partial charge on any atom is 0.0568 e. The van der Waals surface area contributed by atoms with Gasteiger partial charge in [-0.3, -0.25) is 0 Å². The Morgan fingerprint density at radius 1 is 1.29 bits per heavy atom. The summed E-state index contributed by atoms with van der Waals surface area (Å²) >= 11 is 5.04. The van der Waals surface area contributed by atoms with E-state index in [4.69, 9.17) is 5.73 Å². The van der Waals surface area contributed by atoms with Crippen molar-refractivity contribution in [2.75, 3.05) is 6.61 Å². The topological polar surface area (TPSA) is 46.2 Å². The molecule has 0 saturated carbocycles. The molecule has 0 aromatic heterocycles. The Bertz CT molecular complexity index is 347. The van der Waals surface area contributed by atoms with Gasteiger partial charge in [0.15, 0.2) is 0 Å². The number of rotatable bonds is 4. The van der Waals surface area contributed by atoms with Crippen LogP contribution in [0.25, 0.3) is 0 Å². The van der Waals surface area contributed by atoms with Gasteiger partial charge < -0.3 is 10.8 Å². The summed E-state index contributed by atoms with van der Waals surface area (Å²) in [6, 6.07) is 8.03. The zero-order valence-electron chi connectivity index (χ0n) is 10.5. The number of thioether (sulfide) groups is 1. The predicted octanol–water partition coefficient (Wildman–Crippen LogP) is 3.28. The van der Waals surface area contributed by atoms with Crippen LogP contribution < -0.4 is 5.73 Å². The summed E-state index contributed by atoms with van der Waals surface area (Å²) in [4.78, 5) is 1.13. The number of benzene rings is 1. The standard InChI is InChI=1S/C13H20BrNOS/c1-13(2,3)12(15)11(8-16)17-10-6-4-9(14)5-7-10/h4-7,11-12,16H,8,15H2,1-3H3. The minimum absolute atomic E-state index is 0.00421. The second-order valence-electron chi connectivity index (χ2n) is 5.18. The fourth-order valence-corrected chi connectivity index (χ4v) is 3.01. The van der Waals surface area contributed by atoms with Crippen LogP contribution in [-0.2, 0) is 0 Å². The Labute approximate surface area is 116 Å². The van der Waals surface area contributed by atoms with Crippen molar-refractivity contribution in [2.24, 2.45) is 11.1 Å². The molecule has 2 nitrogen and oxygen atoms in total. The molecule has 2 unspecified atom stereocenters. The molecule has 0 radical (unpaired) electrons. The Hall–Kier alpha value is -0.0300. The largest absolute Gasteiger partial charge is 0.395 e. The van der Waals surface area contributed by atoms with Crippen LogP contribution in [0.2, 0.25) is 0 Å². The fourth-order valence-electron chi connectivity index (χ4n) is 1.47. The minimum atomic E-state index is -0.0406. The van der Waals surface area contributed by atoms with Crippen molar-refractivity contribution in [1.29, 1.82) is 0 Å². The summed E-state index contributed by atoms with van der Waals surface area (Å²) in [7, 11) is 0. The molecule has 0 aliphatic rings. The first-order chi connectivity index (χ1) is 7.84. The van der Waals surface area contributed by atoms with Crippen molar-refractivity contribution in [1.82, 2.24) is 0 Å². The van der Waals surface area contributed by atoms with Gasteiger partial charge >= 0.3 is 0 Å². The zero-order valence-corrected chi connectivity index (χ0v) is 12.9. The quantitative estimate of drug-likeness (QED) is 0.838. The van der Waals surface area contributed by atoms with E-state index in [2.05, 4.69) is 36.7 Å². The third-order valence-electron chi connectivity index (χ3n) is 2.68. The molecule has 96 valence electrons. The van der Waals surface area contributed by atoms with Crippen LogP contribution in [0.1, 0.15) is 20.8 Å². The number of halogens is 1. The van der Waals surface area contributed by atoms with Crippen LogP contribution >= 0.6 is 27.7 Å². The number of aliphatic hydroxyl groups is 1. The van der Waals surface area contributed by atoms with Gasteiger partial charge in [0.25, 0.3) is 0 Å². The van der Waals surface area contributed by atoms with Crippen molar-refractivity contribution < 1.29 is 5.11 Å². The number of hydrogen-bond donors (Lipinski definition) is 2. The molecule has 1 aromatic rings. The van der Waals surface area contributed by atoms with Gasteiger partial charge in [-0.2, -0.15) is 0 Å². The molecule has 2 atom stereocenters. The molecule has 1 rings (SSSR count). The second-order valence-corrected chi connectivity index (χ2v) is 7.41. The molecular formula is C13H20BrNOS. The maximum atomic E-state index is 9.47. The molecule has 1 aromatic carbocycles. The average molecular weight is 318 g/mol. The van der Waals surface area contributed by atoms with E-state index in [0.29, 0.717) is 0 Å². The molecule has 4 heteroatoms. The Balaban J connectivity index is 2.73. The van der Waals surface area contributed by atoms with E-state index in [1.165, 1.54) is 0 Å². The van der Waals surface area contributed by atoms with E-state index in [9.17, 15) is 5.11 Å². The Morgan fingerprint density at radius 3 is 2.24 bits per heavy atom. The van der Waals surface area contributed by atoms with Gasteiger partial charge in [0.1, 0.15) is 0 Å². The van der Waals surface area contributed by atoms with Crippen LogP contribution in [0.5, 0.6) is 0 Å². The Kier molecular flexibility index (Phi) is 5.51. The van der Waals surface area contributed by atoms with Gasteiger partial charge in [-0.1, -0.05) is 36.7 Å². The maximum absolute atomic E-state index is 9.47. The minimum Gasteiger partial charge on any atom is -0.395 e. The normalized spacial score (nSPS) is 15.6. The van der Waals surface area contributed by atoms with E-state index in [-0.39, 0.29) is 23.3 Å². The van der Waals surface area contributed by atoms with Crippen molar-refractivity contribution in [3.63, 3.8) is 0 Å². The van der Waals surface area contributed by atoms with E-state index < -0.39 is 0 Å². The lowest BCUT2D eigenvalue weighted by molar-refractivity contribution is 0.233. The second kappa shape index (κ2) is 6.23. The van der Waals surface area contributed by atoms with Crippen LogP contribution in [0.15, 0.2) is 33.6 Å². The smallest absolute Gasteiger partial charge is 0.0568 e. The highest BCUT2D eigenvalue weighted by atomic mass is 79.9. The van der Waals surface area contributed by atoms with Crippen LogP contribution in [-0.4, -0.2) is 23.0 Å². The van der Waals surface area contributed by atoms with E-state index in [0.717, 1.165) is 9.37 Å². The number of nitrogens with two attached hydrogens (primary N) is 1. The van der Waals surface area contributed by atoms with Crippen LogP contribution in [0.4, 0.5) is 0 Å². The monoisotopic (exact) mass is 317 g/mol. The first kappa shape index (κ1) is 15.0. The predicted molar refractivity (Wildman–Crippen MR) is 78.3 cm³/mol. The first-order valence-corrected chi connectivity index (χ1v) is 7.30. The summed E-state index contributed by atoms with van der Waals surface area (Å²) in [6.45, 7) is 6.40. The Morgan fingerprint density at radius 2 is 1.82 bits per heavy atom. The zero-order chi connectivity index (χ0) is 13.1. The SMILES string of the molecule is CC(C)(C)C(N)C(CO)Sc1ccc(Br)cc1. The molecule has 0 saturated heterocycles. The van der Waals surface area contributed by atoms with Gasteiger partial charge in [0.2, 0.25) is 0 Å². The van der Waals surface area contributed by atoms with E-state index in [1.807, 2.05) is 24.3 Å². The van der Waals surface area contributed by atoms with Crippen LogP contribution in [0.3, 0.4) is 0 Å². The molecule has 3 N–H and O–H groups in total. The molecule has 0 aliphatic heterocycles. The lowest BCUT2D eigenvalue weighted by atomic mass is 9.85. The highest BCUT2D eigenvalue weighted by molar-refractivity contribution is 9.10. The molecule has 0 heterocycles. The van der Waals surface area contributed by atoms with Crippen molar-refractivity contribution in [2.45, 2.75) is 37.0 Å². The summed E-state index contributed by atoms with van der Waals surface area (Å²) < 4.78 is 1.06. The van der Waals surface area contributed by atoms with Crippen molar-refractivity contribution >= 4 is 27.7 Å². The van der Waals surface area contributed by atoms with Gasteiger partial charge in [0.05, 0.1) is 6.61 Å². The molecular weight excluding hydrogens is 298 g/mol. The number of aliphatic hydroxyl groups excluding tert-OH is 1. The van der Waals surface area contributed by atoms with Gasteiger partial charge in [-0.05, 0) is 29.7 Å².